The van der Waals surface area contributed by atoms with Crippen molar-refractivity contribution in [1.82, 2.24) is 4.98 Å². The average molecular weight is 298 g/mol. The highest BCUT2D eigenvalue weighted by Gasteiger charge is 2.09. The molecule has 0 aliphatic heterocycles. The number of nitrogens with zero attached hydrogens (tertiary/aromatic N) is 1. The number of pyridine rings is 1. The van der Waals surface area contributed by atoms with E-state index in [0.717, 1.165) is 16.9 Å². The lowest BCUT2D eigenvalue weighted by molar-refractivity contribution is -0.118. The van der Waals surface area contributed by atoms with E-state index in [1.165, 1.54) is 5.56 Å². The Bertz CT molecular complexity index is 666. The average Bonchev–Trinajstić information content (AvgIpc) is 2.48. The predicted molar refractivity (Wildman–Crippen MR) is 88.4 cm³/mol. The lowest BCUT2D eigenvalue weighted by Crippen LogP contribution is -2.21. The summed E-state index contributed by atoms with van der Waals surface area (Å²) in [6.45, 7) is 8.11. The van der Waals surface area contributed by atoms with E-state index in [4.69, 9.17) is 4.74 Å². The smallest absolute Gasteiger partial charge is 0.263 e. The Kier molecular flexibility index (Phi) is 5.15. The topological polar surface area (TPSA) is 51.2 Å². The second-order valence-corrected chi connectivity index (χ2v) is 5.69. The van der Waals surface area contributed by atoms with Gasteiger partial charge in [-0.05, 0) is 48.6 Å². The van der Waals surface area contributed by atoms with Gasteiger partial charge >= 0.3 is 0 Å². The van der Waals surface area contributed by atoms with Crippen LogP contribution in [-0.4, -0.2) is 17.5 Å². The summed E-state index contributed by atoms with van der Waals surface area (Å²) >= 11 is 0. The number of aryl methyl sites for hydroxylation is 2. The molecule has 1 heterocycles. The number of carbonyl (C=O) groups is 1. The summed E-state index contributed by atoms with van der Waals surface area (Å²) in [5.41, 5.74) is 3.14. The van der Waals surface area contributed by atoms with E-state index in [1.807, 2.05) is 38.1 Å². The molecule has 0 unspecified atom stereocenters. The van der Waals surface area contributed by atoms with Crippen LogP contribution in [0.15, 0.2) is 36.5 Å². The SMILES string of the molecule is Cc1ccc(C(C)C)cc1OCC(=O)Nc1ncccc1C. The first-order chi connectivity index (χ1) is 10.5. The highest BCUT2D eigenvalue weighted by Crippen LogP contribution is 2.24. The molecule has 0 aliphatic carbocycles. The van der Waals surface area contributed by atoms with Gasteiger partial charge in [0.2, 0.25) is 0 Å². The van der Waals surface area contributed by atoms with Gasteiger partial charge in [0, 0.05) is 6.20 Å². The zero-order valence-corrected chi connectivity index (χ0v) is 13.5. The number of anilines is 1. The molecule has 0 spiro atoms. The molecular formula is C18H22N2O2. The number of aromatic nitrogens is 1. The summed E-state index contributed by atoms with van der Waals surface area (Å²) in [6, 6.07) is 9.84. The molecule has 2 aromatic rings. The summed E-state index contributed by atoms with van der Waals surface area (Å²) in [5.74, 6) is 1.53. The van der Waals surface area contributed by atoms with Crippen LogP contribution in [0, 0.1) is 13.8 Å². The number of benzene rings is 1. The number of ether oxygens (including phenoxy) is 1. The minimum atomic E-state index is -0.212. The third-order valence-corrected chi connectivity index (χ3v) is 3.50. The van der Waals surface area contributed by atoms with Crippen LogP contribution < -0.4 is 10.1 Å². The summed E-state index contributed by atoms with van der Waals surface area (Å²) in [5, 5.41) is 2.76. The second kappa shape index (κ2) is 7.07. The molecule has 1 aromatic heterocycles. The maximum atomic E-state index is 12.0. The van der Waals surface area contributed by atoms with Crippen LogP contribution in [-0.2, 0) is 4.79 Å². The molecule has 0 saturated heterocycles. The first-order valence-corrected chi connectivity index (χ1v) is 7.42. The van der Waals surface area contributed by atoms with Crippen molar-refractivity contribution in [3.8, 4) is 5.75 Å². The van der Waals surface area contributed by atoms with Gasteiger partial charge in [-0.3, -0.25) is 4.79 Å². The third kappa shape index (κ3) is 4.07. The van der Waals surface area contributed by atoms with Crippen molar-refractivity contribution < 1.29 is 9.53 Å². The standard InChI is InChI=1S/C18H22N2O2/c1-12(2)15-8-7-13(3)16(10-15)22-11-17(21)20-18-14(4)6-5-9-19-18/h5-10,12H,11H2,1-4H3,(H,19,20,21). The zero-order valence-electron chi connectivity index (χ0n) is 13.5. The van der Waals surface area contributed by atoms with Gasteiger partial charge < -0.3 is 10.1 Å². The molecule has 22 heavy (non-hydrogen) atoms. The highest BCUT2D eigenvalue weighted by molar-refractivity contribution is 5.91. The van der Waals surface area contributed by atoms with E-state index in [2.05, 4.69) is 30.2 Å². The van der Waals surface area contributed by atoms with Gasteiger partial charge in [-0.25, -0.2) is 4.98 Å². The molecule has 0 atom stereocenters. The number of hydrogen-bond acceptors (Lipinski definition) is 3. The fraction of sp³-hybridized carbons (Fsp3) is 0.333. The molecule has 1 amide bonds. The van der Waals surface area contributed by atoms with Gasteiger partial charge in [0.15, 0.2) is 6.61 Å². The number of rotatable bonds is 5. The maximum Gasteiger partial charge on any atom is 0.263 e. The molecule has 0 fully saturated rings. The van der Waals surface area contributed by atoms with Crippen molar-refractivity contribution in [2.75, 3.05) is 11.9 Å². The van der Waals surface area contributed by atoms with E-state index in [0.29, 0.717) is 11.7 Å². The maximum absolute atomic E-state index is 12.0. The van der Waals surface area contributed by atoms with E-state index < -0.39 is 0 Å². The Morgan fingerprint density at radius 3 is 2.68 bits per heavy atom. The number of nitrogens with one attached hydrogen (secondary N) is 1. The minimum Gasteiger partial charge on any atom is -0.483 e. The summed E-state index contributed by atoms with van der Waals surface area (Å²) in [4.78, 5) is 16.1. The highest BCUT2D eigenvalue weighted by atomic mass is 16.5. The first kappa shape index (κ1) is 16.0. The lowest BCUT2D eigenvalue weighted by Gasteiger charge is -2.13. The van der Waals surface area contributed by atoms with Crippen LogP contribution >= 0.6 is 0 Å². The Hall–Kier alpha value is -2.36. The van der Waals surface area contributed by atoms with Crippen molar-refractivity contribution in [1.29, 1.82) is 0 Å². The van der Waals surface area contributed by atoms with Crippen molar-refractivity contribution in [3.05, 3.63) is 53.2 Å². The van der Waals surface area contributed by atoms with Crippen molar-refractivity contribution in [2.24, 2.45) is 0 Å². The van der Waals surface area contributed by atoms with E-state index in [1.54, 1.807) is 6.20 Å². The fourth-order valence-corrected chi connectivity index (χ4v) is 2.06. The van der Waals surface area contributed by atoms with Crippen LogP contribution in [0.4, 0.5) is 5.82 Å². The molecular weight excluding hydrogens is 276 g/mol. The summed E-state index contributed by atoms with van der Waals surface area (Å²) in [6.07, 6.45) is 1.65. The predicted octanol–water partition coefficient (Wildman–Crippen LogP) is 3.84. The van der Waals surface area contributed by atoms with Gasteiger partial charge in [0.1, 0.15) is 11.6 Å². The van der Waals surface area contributed by atoms with Crippen LogP contribution in [0.5, 0.6) is 5.75 Å². The van der Waals surface area contributed by atoms with Crippen molar-refractivity contribution in [2.45, 2.75) is 33.6 Å². The number of carbonyl (C=O) groups excluding carboxylic acids is 1. The fourth-order valence-electron chi connectivity index (χ4n) is 2.06. The largest absolute Gasteiger partial charge is 0.483 e. The molecule has 0 radical (unpaired) electrons. The van der Waals surface area contributed by atoms with Gasteiger partial charge in [0.05, 0.1) is 0 Å². The van der Waals surface area contributed by atoms with E-state index >= 15 is 0 Å². The molecule has 116 valence electrons. The number of amides is 1. The molecule has 0 bridgehead atoms. The molecule has 2 rings (SSSR count). The Morgan fingerprint density at radius 1 is 1.23 bits per heavy atom. The Balaban J connectivity index is 1.99. The monoisotopic (exact) mass is 298 g/mol. The summed E-state index contributed by atoms with van der Waals surface area (Å²) in [7, 11) is 0. The van der Waals surface area contributed by atoms with Crippen LogP contribution in [0.1, 0.15) is 36.5 Å². The van der Waals surface area contributed by atoms with Crippen LogP contribution in [0.3, 0.4) is 0 Å². The molecule has 0 aliphatic rings. The normalized spacial score (nSPS) is 10.6. The van der Waals surface area contributed by atoms with Crippen LogP contribution in [0.25, 0.3) is 0 Å². The molecule has 1 N–H and O–H groups in total. The minimum absolute atomic E-state index is 0.0294. The Labute approximate surface area is 131 Å². The Morgan fingerprint density at radius 2 is 2.00 bits per heavy atom. The van der Waals surface area contributed by atoms with Crippen LogP contribution in [0.2, 0.25) is 0 Å². The third-order valence-electron chi connectivity index (χ3n) is 3.50. The van der Waals surface area contributed by atoms with Crippen molar-refractivity contribution in [3.63, 3.8) is 0 Å². The van der Waals surface area contributed by atoms with Gasteiger partial charge in [0.25, 0.3) is 5.91 Å². The lowest BCUT2D eigenvalue weighted by atomic mass is 10.0. The van der Waals surface area contributed by atoms with Gasteiger partial charge in [-0.2, -0.15) is 0 Å². The van der Waals surface area contributed by atoms with E-state index in [9.17, 15) is 4.79 Å². The molecule has 4 nitrogen and oxygen atoms in total. The van der Waals surface area contributed by atoms with Gasteiger partial charge in [-0.1, -0.05) is 32.0 Å². The number of hydrogen-bond donors (Lipinski definition) is 1. The van der Waals surface area contributed by atoms with Gasteiger partial charge in [-0.15, -0.1) is 0 Å². The second-order valence-electron chi connectivity index (χ2n) is 5.69. The first-order valence-electron chi connectivity index (χ1n) is 7.42. The zero-order chi connectivity index (χ0) is 16.1. The molecule has 1 aromatic carbocycles. The van der Waals surface area contributed by atoms with Crippen molar-refractivity contribution >= 4 is 11.7 Å². The molecule has 4 heteroatoms. The quantitative estimate of drug-likeness (QED) is 0.912. The van der Waals surface area contributed by atoms with E-state index in [-0.39, 0.29) is 12.5 Å². The summed E-state index contributed by atoms with van der Waals surface area (Å²) < 4.78 is 5.66. The molecule has 0 saturated carbocycles.